The molecule has 0 bridgehead atoms. The number of nitrogens with zero attached hydrogens (tertiary/aromatic N) is 3. The highest BCUT2D eigenvalue weighted by Crippen LogP contribution is 2.29. The van der Waals surface area contributed by atoms with Crippen LogP contribution in [0.4, 0.5) is 5.82 Å². The molecule has 1 aliphatic carbocycles. The first kappa shape index (κ1) is 17.3. The number of fused-ring (bicyclic) bond motifs is 1. The van der Waals surface area contributed by atoms with E-state index < -0.39 is 0 Å². The number of benzene rings is 1. The van der Waals surface area contributed by atoms with Crippen LogP contribution >= 0.6 is 15.9 Å². The van der Waals surface area contributed by atoms with Gasteiger partial charge in [-0.15, -0.1) is 0 Å². The summed E-state index contributed by atoms with van der Waals surface area (Å²) in [7, 11) is 0. The van der Waals surface area contributed by atoms with Crippen LogP contribution < -0.4 is 10.2 Å². The lowest BCUT2D eigenvalue weighted by Gasteiger charge is -2.33. The topological polar surface area (TPSA) is 69.0 Å². The lowest BCUT2D eigenvalue weighted by molar-refractivity contribution is -0.125. The molecule has 0 radical (unpaired) electrons. The Morgan fingerprint density at radius 2 is 2.19 bits per heavy atom. The first-order valence-corrected chi connectivity index (χ1v) is 9.96. The van der Waals surface area contributed by atoms with Gasteiger partial charge in [-0.05, 0) is 55.9 Å². The summed E-state index contributed by atoms with van der Waals surface area (Å²) < 4.78 is 0.932. The molecule has 1 aromatic heterocycles. The molecule has 5 nitrogen and oxygen atoms in total. The number of amides is 1. The highest BCUT2D eigenvalue weighted by atomic mass is 79.9. The lowest BCUT2D eigenvalue weighted by atomic mass is 9.97. The van der Waals surface area contributed by atoms with E-state index in [4.69, 9.17) is 4.98 Å². The van der Waals surface area contributed by atoms with Crippen LogP contribution in [-0.2, 0) is 4.79 Å². The fraction of sp³-hybridized carbons (Fsp3) is 0.450. The van der Waals surface area contributed by atoms with Gasteiger partial charge in [0.1, 0.15) is 5.82 Å². The van der Waals surface area contributed by atoms with Gasteiger partial charge in [0.15, 0.2) is 0 Å². The Balaban J connectivity index is 1.55. The number of carbonyl (C=O) groups excluding carboxylic acids is 1. The summed E-state index contributed by atoms with van der Waals surface area (Å²) in [6, 6.07) is 9.91. The Morgan fingerprint density at radius 1 is 1.35 bits per heavy atom. The van der Waals surface area contributed by atoms with E-state index in [1.165, 1.54) is 12.8 Å². The van der Waals surface area contributed by atoms with Gasteiger partial charge in [-0.3, -0.25) is 4.79 Å². The molecule has 1 saturated carbocycles. The molecule has 1 N–H and O–H groups in total. The van der Waals surface area contributed by atoms with E-state index >= 15 is 0 Å². The Bertz CT molecular complexity index is 887. The van der Waals surface area contributed by atoms with Gasteiger partial charge in [0, 0.05) is 29.5 Å². The quantitative estimate of drug-likeness (QED) is 0.832. The summed E-state index contributed by atoms with van der Waals surface area (Å²) in [4.78, 5) is 19.4. The highest BCUT2D eigenvalue weighted by molar-refractivity contribution is 9.10. The first-order chi connectivity index (χ1) is 12.6. The molecule has 2 heterocycles. The van der Waals surface area contributed by atoms with Crippen molar-refractivity contribution in [1.82, 2.24) is 10.3 Å². The SMILES string of the molecule is N#Cc1cc(N2CCC[C@H](C(=O)NCC3CC3)C2)nc2ccc(Br)cc12. The van der Waals surface area contributed by atoms with E-state index in [1.807, 2.05) is 24.3 Å². The Hall–Kier alpha value is -2.13. The second-order valence-corrected chi connectivity index (χ2v) is 8.19. The molecule has 1 saturated heterocycles. The summed E-state index contributed by atoms with van der Waals surface area (Å²) in [5.74, 6) is 1.64. The number of nitriles is 1. The fourth-order valence-electron chi connectivity index (χ4n) is 3.55. The van der Waals surface area contributed by atoms with Crippen LogP contribution in [0.15, 0.2) is 28.7 Å². The van der Waals surface area contributed by atoms with Gasteiger partial charge in [0.2, 0.25) is 5.91 Å². The van der Waals surface area contributed by atoms with E-state index in [1.54, 1.807) is 0 Å². The normalized spacial score (nSPS) is 20.0. The van der Waals surface area contributed by atoms with E-state index in [0.29, 0.717) is 18.0 Å². The second-order valence-electron chi connectivity index (χ2n) is 7.27. The van der Waals surface area contributed by atoms with Gasteiger partial charge >= 0.3 is 0 Å². The third-order valence-electron chi connectivity index (χ3n) is 5.26. The van der Waals surface area contributed by atoms with E-state index in [0.717, 1.165) is 47.1 Å². The Kier molecular flexibility index (Phi) is 4.82. The molecule has 26 heavy (non-hydrogen) atoms. The van der Waals surface area contributed by atoms with Crippen molar-refractivity contribution in [2.24, 2.45) is 11.8 Å². The standard InChI is InChI=1S/C20H21BrN4O/c21-16-5-6-18-17(9-16)15(10-22)8-19(24-18)25-7-1-2-14(12-25)20(26)23-11-13-3-4-13/h5-6,8-9,13-14H,1-4,7,11-12H2,(H,23,26)/t14-/m0/s1. The zero-order valence-corrected chi connectivity index (χ0v) is 16.1. The molecule has 2 aliphatic rings. The fourth-order valence-corrected chi connectivity index (χ4v) is 3.91. The molecule has 134 valence electrons. The van der Waals surface area contributed by atoms with Crippen molar-refractivity contribution < 1.29 is 4.79 Å². The predicted molar refractivity (Wildman–Crippen MR) is 105 cm³/mol. The van der Waals surface area contributed by atoms with Gasteiger partial charge in [-0.2, -0.15) is 5.26 Å². The molecule has 6 heteroatoms. The van der Waals surface area contributed by atoms with E-state index in [2.05, 4.69) is 32.2 Å². The van der Waals surface area contributed by atoms with Crippen LogP contribution in [0.25, 0.3) is 10.9 Å². The van der Waals surface area contributed by atoms with Crippen molar-refractivity contribution in [3.63, 3.8) is 0 Å². The van der Waals surface area contributed by atoms with Gasteiger partial charge in [-0.1, -0.05) is 15.9 Å². The molecule has 0 spiro atoms. The summed E-state index contributed by atoms with van der Waals surface area (Å²) in [6.45, 7) is 2.35. The molecule has 4 rings (SSSR count). The molecule has 2 fully saturated rings. The summed E-state index contributed by atoms with van der Waals surface area (Å²) in [5.41, 5.74) is 1.43. The summed E-state index contributed by atoms with van der Waals surface area (Å²) >= 11 is 3.45. The van der Waals surface area contributed by atoms with Gasteiger partial charge in [0.25, 0.3) is 0 Å². The van der Waals surface area contributed by atoms with Crippen molar-refractivity contribution >= 4 is 38.6 Å². The minimum atomic E-state index is -0.00421. The van der Waals surface area contributed by atoms with E-state index in [9.17, 15) is 10.1 Å². The number of carbonyl (C=O) groups is 1. The zero-order chi connectivity index (χ0) is 18.1. The molecule has 1 aromatic carbocycles. The predicted octanol–water partition coefficient (Wildman–Crippen LogP) is 3.61. The van der Waals surface area contributed by atoms with Gasteiger partial charge < -0.3 is 10.2 Å². The van der Waals surface area contributed by atoms with Crippen LogP contribution in [0.1, 0.15) is 31.2 Å². The second kappa shape index (κ2) is 7.24. The summed E-state index contributed by atoms with van der Waals surface area (Å²) in [6.07, 6.45) is 4.36. The Morgan fingerprint density at radius 3 is 2.96 bits per heavy atom. The first-order valence-electron chi connectivity index (χ1n) is 9.17. The molecule has 1 amide bonds. The Labute approximate surface area is 161 Å². The molecule has 0 unspecified atom stereocenters. The average molecular weight is 413 g/mol. The number of anilines is 1. The van der Waals surface area contributed by atoms with Crippen LogP contribution in [0.5, 0.6) is 0 Å². The zero-order valence-electron chi connectivity index (χ0n) is 14.5. The molecule has 1 atom stereocenters. The van der Waals surface area contributed by atoms with Gasteiger partial charge in [0.05, 0.1) is 23.1 Å². The maximum atomic E-state index is 12.5. The third kappa shape index (κ3) is 3.68. The van der Waals surface area contributed by atoms with Crippen molar-refractivity contribution in [3.8, 4) is 6.07 Å². The minimum Gasteiger partial charge on any atom is -0.356 e. The van der Waals surface area contributed by atoms with E-state index in [-0.39, 0.29) is 11.8 Å². The van der Waals surface area contributed by atoms with Crippen LogP contribution in [0.2, 0.25) is 0 Å². The molecule has 2 aromatic rings. The van der Waals surface area contributed by atoms with Gasteiger partial charge in [-0.25, -0.2) is 4.98 Å². The third-order valence-corrected chi connectivity index (χ3v) is 5.75. The maximum absolute atomic E-state index is 12.5. The monoisotopic (exact) mass is 412 g/mol. The number of pyridine rings is 1. The number of piperidine rings is 1. The van der Waals surface area contributed by atoms with Crippen LogP contribution in [-0.4, -0.2) is 30.5 Å². The smallest absolute Gasteiger partial charge is 0.224 e. The number of halogens is 1. The minimum absolute atomic E-state index is 0.00421. The molecular weight excluding hydrogens is 392 g/mol. The lowest BCUT2D eigenvalue weighted by Crippen LogP contribution is -2.43. The van der Waals surface area contributed by atoms with Crippen molar-refractivity contribution in [1.29, 1.82) is 5.26 Å². The number of hydrogen-bond acceptors (Lipinski definition) is 4. The van der Waals surface area contributed by atoms with Crippen LogP contribution in [0.3, 0.4) is 0 Å². The van der Waals surface area contributed by atoms with Crippen LogP contribution in [0, 0.1) is 23.2 Å². The summed E-state index contributed by atoms with van der Waals surface area (Å²) in [5, 5.41) is 13.5. The number of nitrogens with one attached hydrogen (secondary N) is 1. The highest BCUT2D eigenvalue weighted by Gasteiger charge is 2.28. The maximum Gasteiger partial charge on any atom is 0.224 e. The largest absolute Gasteiger partial charge is 0.356 e. The molecular formula is C20H21BrN4O. The number of aromatic nitrogens is 1. The van der Waals surface area contributed by atoms with Crippen molar-refractivity contribution in [2.75, 3.05) is 24.5 Å². The number of rotatable bonds is 4. The number of hydrogen-bond donors (Lipinski definition) is 1. The van der Waals surface area contributed by atoms with Crippen molar-refractivity contribution in [2.45, 2.75) is 25.7 Å². The van der Waals surface area contributed by atoms with Crippen molar-refractivity contribution in [3.05, 3.63) is 34.3 Å². The average Bonchev–Trinajstić information content (AvgIpc) is 3.50. The molecule has 1 aliphatic heterocycles.